The number of hydrogen-bond acceptors (Lipinski definition) is 2. The molecule has 0 aromatic rings. The van der Waals surface area contributed by atoms with Crippen molar-refractivity contribution in [1.82, 2.24) is 0 Å². The Morgan fingerprint density at radius 3 is 2.45 bits per heavy atom. The van der Waals surface area contributed by atoms with Gasteiger partial charge in [0.1, 0.15) is 5.38 Å². The molecule has 0 aliphatic rings. The Morgan fingerprint density at radius 1 is 1.73 bits per heavy atom. The van der Waals surface area contributed by atoms with Gasteiger partial charge in [-0.25, -0.2) is 0 Å². The summed E-state index contributed by atoms with van der Waals surface area (Å²) in [6.45, 7) is 3.23. The van der Waals surface area contributed by atoms with Gasteiger partial charge in [-0.15, -0.1) is 11.6 Å². The van der Waals surface area contributed by atoms with Crippen molar-refractivity contribution in [2.45, 2.75) is 37.1 Å². The van der Waals surface area contributed by atoms with E-state index in [0.29, 0.717) is 6.42 Å². The van der Waals surface area contributed by atoms with E-state index >= 15 is 0 Å². The molecule has 0 saturated carbocycles. The molecule has 0 aromatic heterocycles. The molecule has 11 heavy (non-hydrogen) atoms. The molecule has 0 saturated heterocycles. The molecule has 0 fully saturated rings. The average Bonchev–Trinajstić information content (AvgIpc) is 1.88. The normalized spacial score (nSPS) is 18.9. The van der Waals surface area contributed by atoms with Crippen LogP contribution in [0.1, 0.15) is 26.7 Å². The minimum Gasteiger partial charge on any atom is -0.263 e. The third-order valence-corrected chi connectivity index (χ3v) is 2.63. The summed E-state index contributed by atoms with van der Waals surface area (Å²) in [5.74, 6) is 0. The highest BCUT2D eigenvalue weighted by Gasteiger charge is 2.42. The predicted molar refractivity (Wildman–Crippen MR) is 45.8 cm³/mol. The number of hydrogen-bond donors (Lipinski definition) is 0. The van der Waals surface area contributed by atoms with Crippen LogP contribution in [0.2, 0.25) is 0 Å². The van der Waals surface area contributed by atoms with E-state index < -0.39 is 15.3 Å². The Labute approximate surface area is 75.8 Å². The highest BCUT2D eigenvalue weighted by molar-refractivity contribution is 6.31. The van der Waals surface area contributed by atoms with Crippen molar-refractivity contribution in [2.24, 2.45) is 0 Å². The standard InChI is InChI=1S/C6H11Cl2NO2/c1-3-4-5(7)6(2,8)9(10)11/h5H,3-4H2,1-2H3. The van der Waals surface area contributed by atoms with Crippen LogP contribution in [0.5, 0.6) is 0 Å². The molecule has 66 valence electrons. The molecule has 0 aromatic carbocycles. The fourth-order valence-corrected chi connectivity index (χ4v) is 1.04. The molecule has 0 aliphatic heterocycles. The average molecular weight is 200 g/mol. The maximum atomic E-state index is 10.3. The molecular weight excluding hydrogens is 189 g/mol. The monoisotopic (exact) mass is 199 g/mol. The van der Waals surface area contributed by atoms with Crippen molar-refractivity contribution in [3.63, 3.8) is 0 Å². The zero-order chi connectivity index (χ0) is 9.07. The second-order valence-electron chi connectivity index (χ2n) is 2.54. The third kappa shape index (κ3) is 2.83. The zero-order valence-corrected chi connectivity index (χ0v) is 8.02. The van der Waals surface area contributed by atoms with Crippen molar-refractivity contribution < 1.29 is 4.92 Å². The maximum absolute atomic E-state index is 10.3. The van der Waals surface area contributed by atoms with E-state index in [1.807, 2.05) is 6.92 Å². The predicted octanol–water partition coefficient (Wildman–Crippen LogP) is 2.63. The van der Waals surface area contributed by atoms with Crippen LogP contribution in [0.15, 0.2) is 0 Å². The first kappa shape index (κ1) is 11.0. The molecule has 0 bridgehead atoms. The molecule has 0 aliphatic carbocycles. The minimum absolute atomic E-state index is 0.554. The third-order valence-electron chi connectivity index (χ3n) is 1.47. The van der Waals surface area contributed by atoms with Crippen LogP contribution >= 0.6 is 23.2 Å². The first-order valence-corrected chi connectivity index (χ1v) is 4.21. The summed E-state index contributed by atoms with van der Waals surface area (Å²) in [5.41, 5.74) is 0. The van der Waals surface area contributed by atoms with Gasteiger partial charge >= 0.3 is 5.00 Å². The van der Waals surface area contributed by atoms with Crippen molar-refractivity contribution in [3.05, 3.63) is 10.1 Å². The van der Waals surface area contributed by atoms with Crippen LogP contribution in [0.25, 0.3) is 0 Å². The van der Waals surface area contributed by atoms with Crippen molar-refractivity contribution >= 4 is 23.2 Å². The second kappa shape index (κ2) is 4.12. The van der Waals surface area contributed by atoms with Crippen LogP contribution in [0.4, 0.5) is 0 Å². The van der Waals surface area contributed by atoms with Crippen LogP contribution in [0, 0.1) is 10.1 Å². The van der Waals surface area contributed by atoms with Gasteiger partial charge in [0.15, 0.2) is 0 Å². The van der Waals surface area contributed by atoms with E-state index in [1.54, 1.807) is 0 Å². The summed E-state index contributed by atoms with van der Waals surface area (Å²) >= 11 is 11.3. The number of nitro groups is 1. The highest BCUT2D eigenvalue weighted by Crippen LogP contribution is 2.27. The topological polar surface area (TPSA) is 43.1 Å². The maximum Gasteiger partial charge on any atom is 0.308 e. The van der Waals surface area contributed by atoms with Crippen molar-refractivity contribution in [3.8, 4) is 0 Å². The number of alkyl halides is 2. The van der Waals surface area contributed by atoms with Gasteiger partial charge < -0.3 is 0 Å². The van der Waals surface area contributed by atoms with Gasteiger partial charge in [0, 0.05) is 11.8 Å². The fourth-order valence-electron chi connectivity index (χ4n) is 0.631. The first-order chi connectivity index (χ1) is 4.92. The molecular formula is C6H11Cl2NO2. The van der Waals surface area contributed by atoms with Gasteiger partial charge in [-0.1, -0.05) is 13.3 Å². The van der Waals surface area contributed by atoms with Gasteiger partial charge in [0.2, 0.25) is 0 Å². The molecule has 2 atom stereocenters. The zero-order valence-electron chi connectivity index (χ0n) is 6.51. The molecule has 3 nitrogen and oxygen atoms in total. The molecule has 0 heterocycles. The molecule has 5 heteroatoms. The SMILES string of the molecule is CCCC(Cl)C(C)(Cl)[N+](=O)[O-]. The largest absolute Gasteiger partial charge is 0.308 e. The number of nitrogens with zero attached hydrogens (tertiary/aromatic N) is 1. The molecule has 0 N–H and O–H groups in total. The van der Waals surface area contributed by atoms with Gasteiger partial charge in [-0.3, -0.25) is 10.1 Å². The molecule has 0 amide bonds. The highest BCUT2D eigenvalue weighted by atomic mass is 35.5. The Kier molecular flexibility index (Phi) is 4.11. The van der Waals surface area contributed by atoms with E-state index in [0.717, 1.165) is 6.42 Å². The van der Waals surface area contributed by atoms with Crippen LogP contribution in [-0.2, 0) is 0 Å². The molecule has 2 unspecified atom stereocenters. The lowest BCUT2D eigenvalue weighted by Crippen LogP contribution is -2.37. The van der Waals surface area contributed by atoms with E-state index in [9.17, 15) is 10.1 Å². The number of rotatable bonds is 4. The Morgan fingerprint density at radius 2 is 2.18 bits per heavy atom. The lowest BCUT2D eigenvalue weighted by molar-refractivity contribution is -0.537. The van der Waals surface area contributed by atoms with Crippen LogP contribution in [0.3, 0.4) is 0 Å². The second-order valence-corrected chi connectivity index (χ2v) is 3.83. The van der Waals surface area contributed by atoms with Crippen LogP contribution in [-0.4, -0.2) is 15.3 Å². The molecule has 0 rings (SSSR count). The fraction of sp³-hybridized carbons (Fsp3) is 1.00. The molecule has 0 spiro atoms. The quantitative estimate of drug-likeness (QED) is 0.303. The van der Waals surface area contributed by atoms with Crippen molar-refractivity contribution in [2.75, 3.05) is 0 Å². The van der Waals surface area contributed by atoms with E-state index in [-0.39, 0.29) is 0 Å². The van der Waals surface area contributed by atoms with Gasteiger partial charge in [-0.05, 0) is 18.0 Å². The summed E-state index contributed by atoms with van der Waals surface area (Å²) < 4.78 is 0. The summed E-state index contributed by atoms with van der Waals surface area (Å²) in [6.07, 6.45) is 1.35. The van der Waals surface area contributed by atoms with Gasteiger partial charge in [-0.2, -0.15) is 0 Å². The molecule has 0 radical (unpaired) electrons. The van der Waals surface area contributed by atoms with Crippen LogP contribution < -0.4 is 0 Å². The van der Waals surface area contributed by atoms with E-state index in [1.165, 1.54) is 6.92 Å². The number of halogens is 2. The Balaban J connectivity index is 4.17. The summed E-state index contributed by atoms with van der Waals surface area (Å²) in [7, 11) is 0. The Hall–Kier alpha value is -0.0200. The van der Waals surface area contributed by atoms with Crippen molar-refractivity contribution in [1.29, 1.82) is 0 Å². The summed E-state index contributed by atoms with van der Waals surface area (Å²) in [6, 6.07) is 0. The van der Waals surface area contributed by atoms with E-state index in [4.69, 9.17) is 23.2 Å². The lowest BCUT2D eigenvalue weighted by Gasteiger charge is -2.17. The lowest BCUT2D eigenvalue weighted by atomic mass is 10.1. The summed E-state index contributed by atoms with van der Waals surface area (Å²) in [4.78, 5) is 8.24. The van der Waals surface area contributed by atoms with Gasteiger partial charge in [0.25, 0.3) is 0 Å². The summed E-state index contributed by atoms with van der Waals surface area (Å²) in [5, 5.41) is 9.72. The Bertz CT molecular complexity index is 150. The first-order valence-electron chi connectivity index (χ1n) is 3.40. The van der Waals surface area contributed by atoms with E-state index in [2.05, 4.69) is 0 Å². The minimum atomic E-state index is -1.53. The van der Waals surface area contributed by atoms with Gasteiger partial charge in [0.05, 0.1) is 0 Å². The smallest absolute Gasteiger partial charge is 0.263 e.